The Bertz CT molecular complexity index is 592. The molecule has 2 rings (SSSR count). The Hall–Kier alpha value is -1.67. The van der Waals surface area contributed by atoms with Gasteiger partial charge in [-0.2, -0.15) is 0 Å². The fraction of sp³-hybridized carbons (Fsp3) is 0.556. The first-order valence-corrected chi connectivity index (χ1v) is 9.16. The summed E-state index contributed by atoms with van der Waals surface area (Å²) < 4.78 is 4.91. The second-order valence-corrected chi connectivity index (χ2v) is 6.74. The molecular formula is C18H27ClN4O3. The van der Waals surface area contributed by atoms with E-state index >= 15 is 0 Å². The second kappa shape index (κ2) is 11.1. The largest absolute Gasteiger partial charge is 0.383 e. The van der Waals surface area contributed by atoms with Gasteiger partial charge in [0.25, 0.3) is 0 Å². The van der Waals surface area contributed by atoms with Crippen molar-refractivity contribution in [3.63, 3.8) is 0 Å². The highest BCUT2D eigenvalue weighted by atomic mass is 35.5. The number of hydrogen-bond donors (Lipinski definition) is 2. The van der Waals surface area contributed by atoms with Crippen molar-refractivity contribution in [2.24, 2.45) is 0 Å². The zero-order valence-electron chi connectivity index (χ0n) is 15.2. The number of halogens is 1. The van der Waals surface area contributed by atoms with E-state index in [9.17, 15) is 9.59 Å². The van der Waals surface area contributed by atoms with Crippen molar-refractivity contribution in [1.82, 2.24) is 20.4 Å². The SMILES string of the molecule is COCCNC(=O)CN1CCN(CC(=O)NCc2cccc(Cl)c2)CC1. The van der Waals surface area contributed by atoms with Crippen LogP contribution in [0.4, 0.5) is 0 Å². The summed E-state index contributed by atoms with van der Waals surface area (Å²) in [7, 11) is 1.61. The van der Waals surface area contributed by atoms with Crippen molar-refractivity contribution >= 4 is 23.4 Å². The van der Waals surface area contributed by atoms with E-state index in [1.807, 2.05) is 24.3 Å². The number of piperazine rings is 1. The molecule has 1 fully saturated rings. The first-order valence-electron chi connectivity index (χ1n) is 8.78. The minimum absolute atomic E-state index is 0.00395. The summed E-state index contributed by atoms with van der Waals surface area (Å²) in [6.07, 6.45) is 0. The van der Waals surface area contributed by atoms with E-state index in [0.29, 0.717) is 37.8 Å². The molecule has 0 radical (unpaired) electrons. The van der Waals surface area contributed by atoms with Gasteiger partial charge in [-0.15, -0.1) is 0 Å². The standard InChI is InChI=1S/C18H27ClN4O3/c1-26-10-5-20-17(24)13-22-6-8-23(9-7-22)14-18(25)21-12-15-3-2-4-16(19)11-15/h2-4,11H,5-10,12-14H2,1H3,(H,20,24)(H,21,25). The molecule has 1 heterocycles. The quantitative estimate of drug-likeness (QED) is 0.602. The van der Waals surface area contributed by atoms with Gasteiger partial charge in [-0.05, 0) is 17.7 Å². The van der Waals surface area contributed by atoms with Gasteiger partial charge in [-0.25, -0.2) is 0 Å². The summed E-state index contributed by atoms with van der Waals surface area (Å²) in [4.78, 5) is 28.1. The molecule has 1 aliphatic rings. The van der Waals surface area contributed by atoms with E-state index in [4.69, 9.17) is 16.3 Å². The molecule has 2 amide bonds. The molecule has 0 aliphatic carbocycles. The number of methoxy groups -OCH3 is 1. The molecule has 26 heavy (non-hydrogen) atoms. The molecule has 0 unspecified atom stereocenters. The number of rotatable bonds is 9. The maximum absolute atomic E-state index is 12.1. The molecule has 1 aliphatic heterocycles. The average molecular weight is 383 g/mol. The predicted molar refractivity (Wildman–Crippen MR) is 101 cm³/mol. The summed E-state index contributed by atoms with van der Waals surface area (Å²) >= 11 is 5.94. The van der Waals surface area contributed by atoms with Crippen LogP contribution in [0.15, 0.2) is 24.3 Å². The number of carbonyl (C=O) groups is 2. The third-order valence-corrected chi connectivity index (χ3v) is 4.44. The Morgan fingerprint density at radius 3 is 2.27 bits per heavy atom. The minimum atomic E-state index is -0.00395. The number of carbonyl (C=O) groups excluding carboxylic acids is 2. The van der Waals surface area contributed by atoms with Gasteiger partial charge < -0.3 is 15.4 Å². The van der Waals surface area contributed by atoms with Gasteiger partial charge in [-0.1, -0.05) is 23.7 Å². The van der Waals surface area contributed by atoms with Crippen LogP contribution < -0.4 is 10.6 Å². The zero-order chi connectivity index (χ0) is 18.8. The van der Waals surface area contributed by atoms with E-state index in [1.165, 1.54) is 0 Å². The van der Waals surface area contributed by atoms with E-state index in [0.717, 1.165) is 31.7 Å². The first-order chi connectivity index (χ1) is 12.6. The molecular weight excluding hydrogens is 356 g/mol. The van der Waals surface area contributed by atoms with Crippen LogP contribution in [0.25, 0.3) is 0 Å². The van der Waals surface area contributed by atoms with Crippen LogP contribution in [-0.2, 0) is 20.9 Å². The monoisotopic (exact) mass is 382 g/mol. The van der Waals surface area contributed by atoms with Crippen LogP contribution in [0.3, 0.4) is 0 Å². The molecule has 0 saturated carbocycles. The summed E-state index contributed by atoms with van der Waals surface area (Å²) in [6.45, 7) is 5.38. The first kappa shape index (κ1) is 20.6. The van der Waals surface area contributed by atoms with E-state index in [-0.39, 0.29) is 11.8 Å². The van der Waals surface area contributed by atoms with Crippen molar-refractivity contribution in [3.05, 3.63) is 34.9 Å². The van der Waals surface area contributed by atoms with Crippen LogP contribution >= 0.6 is 11.6 Å². The Morgan fingerprint density at radius 1 is 1.08 bits per heavy atom. The highest BCUT2D eigenvalue weighted by Crippen LogP contribution is 2.10. The van der Waals surface area contributed by atoms with Crippen molar-refractivity contribution in [1.29, 1.82) is 0 Å². The number of nitrogens with one attached hydrogen (secondary N) is 2. The lowest BCUT2D eigenvalue weighted by molar-refractivity contribution is -0.125. The molecule has 0 bridgehead atoms. The molecule has 7 nitrogen and oxygen atoms in total. The van der Waals surface area contributed by atoms with Gasteiger partial charge in [0.15, 0.2) is 0 Å². The number of benzene rings is 1. The van der Waals surface area contributed by atoms with Gasteiger partial charge in [0.05, 0.1) is 19.7 Å². The lowest BCUT2D eigenvalue weighted by Gasteiger charge is -2.33. The van der Waals surface area contributed by atoms with Gasteiger partial charge in [0, 0.05) is 51.4 Å². The Morgan fingerprint density at radius 2 is 1.69 bits per heavy atom. The van der Waals surface area contributed by atoms with Crippen LogP contribution in [-0.4, -0.2) is 81.1 Å². The van der Waals surface area contributed by atoms with Crippen molar-refractivity contribution in [2.45, 2.75) is 6.54 Å². The molecule has 8 heteroatoms. The van der Waals surface area contributed by atoms with Crippen LogP contribution in [0, 0.1) is 0 Å². The highest BCUT2D eigenvalue weighted by Gasteiger charge is 2.20. The lowest BCUT2D eigenvalue weighted by atomic mass is 10.2. The van der Waals surface area contributed by atoms with Crippen molar-refractivity contribution in [2.75, 3.05) is 59.5 Å². The summed E-state index contributed by atoms with van der Waals surface area (Å²) in [5, 5.41) is 6.40. The second-order valence-electron chi connectivity index (χ2n) is 6.30. The van der Waals surface area contributed by atoms with Crippen molar-refractivity contribution < 1.29 is 14.3 Å². The normalized spacial score (nSPS) is 15.6. The van der Waals surface area contributed by atoms with Crippen molar-refractivity contribution in [3.8, 4) is 0 Å². The molecule has 1 saturated heterocycles. The Kier molecular flexibility index (Phi) is 8.84. The third-order valence-electron chi connectivity index (χ3n) is 4.21. The van der Waals surface area contributed by atoms with Gasteiger partial charge in [0.2, 0.25) is 11.8 Å². The average Bonchev–Trinajstić information content (AvgIpc) is 2.62. The number of ether oxygens (including phenoxy) is 1. The zero-order valence-corrected chi connectivity index (χ0v) is 15.9. The number of hydrogen-bond acceptors (Lipinski definition) is 5. The van der Waals surface area contributed by atoms with E-state index in [1.54, 1.807) is 7.11 Å². The lowest BCUT2D eigenvalue weighted by Crippen LogP contribution is -2.51. The summed E-state index contributed by atoms with van der Waals surface area (Å²) in [6, 6.07) is 7.46. The fourth-order valence-corrected chi connectivity index (χ4v) is 2.98. The summed E-state index contributed by atoms with van der Waals surface area (Å²) in [5.74, 6) is 0.00509. The number of amides is 2. The molecule has 0 aromatic heterocycles. The Labute approximate surface area is 159 Å². The van der Waals surface area contributed by atoms with Gasteiger partial charge in [0.1, 0.15) is 0 Å². The molecule has 1 aromatic carbocycles. The van der Waals surface area contributed by atoms with Crippen LogP contribution in [0.2, 0.25) is 5.02 Å². The highest BCUT2D eigenvalue weighted by molar-refractivity contribution is 6.30. The fourth-order valence-electron chi connectivity index (χ4n) is 2.76. The maximum Gasteiger partial charge on any atom is 0.234 e. The van der Waals surface area contributed by atoms with Crippen LogP contribution in [0.1, 0.15) is 5.56 Å². The Balaban J connectivity index is 1.62. The molecule has 0 atom stereocenters. The van der Waals surface area contributed by atoms with E-state index in [2.05, 4.69) is 20.4 Å². The van der Waals surface area contributed by atoms with Gasteiger partial charge >= 0.3 is 0 Å². The number of nitrogens with zero attached hydrogens (tertiary/aromatic N) is 2. The van der Waals surface area contributed by atoms with Gasteiger partial charge in [-0.3, -0.25) is 19.4 Å². The third kappa shape index (κ3) is 7.70. The summed E-state index contributed by atoms with van der Waals surface area (Å²) in [5.41, 5.74) is 0.982. The molecule has 1 aromatic rings. The maximum atomic E-state index is 12.1. The molecule has 144 valence electrons. The smallest absolute Gasteiger partial charge is 0.234 e. The molecule has 2 N–H and O–H groups in total. The topological polar surface area (TPSA) is 73.9 Å². The van der Waals surface area contributed by atoms with Crippen LogP contribution in [0.5, 0.6) is 0 Å². The minimum Gasteiger partial charge on any atom is -0.383 e. The molecule has 0 spiro atoms. The van der Waals surface area contributed by atoms with E-state index < -0.39 is 0 Å². The predicted octanol–water partition coefficient (Wildman–Crippen LogP) is 0.336.